The van der Waals surface area contributed by atoms with Crippen LogP contribution in [0.1, 0.15) is 41.5 Å². The number of hydrogen-bond acceptors (Lipinski definition) is 6. The van der Waals surface area contributed by atoms with E-state index in [1.165, 1.54) is 0 Å². The Morgan fingerprint density at radius 1 is 1.09 bits per heavy atom. The summed E-state index contributed by atoms with van der Waals surface area (Å²) in [6.45, 7) is 14.1. The van der Waals surface area contributed by atoms with Crippen molar-refractivity contribution in [1.82, 2.24) is 4.90 Å². The Balaban J connectivity index is 1.96. The Bertz CT molecular complexity index is 425. The number of thiocarbonyl (C=S) groups is 1. The zero-order chi connectivity index (χ0) is 17.3. The molecule has 7 heteroatoms. The topological polar surface area (TPSA) is 49.4 Å². The first-order valence-electron chi connectivity index (χ1n) is 8.26. The number of rotatable bonds is 5. The molecule has 0 radical (unpaired) electrons. The Hall–Kier alpha value is -0.470. The molecule has 2 heterocycles. The van der Waals surface area contributed by atoms with Gasteiger partial charge in [-0.2, -0.15) is 0 Å². The lowest BCUT2D eigenvalue weighted by Gasteiger charge is -2.25. The van der Waals surface area contributed by atoms with Gasteiger partial charge in [0.15, 0.2) is 11.6 Å². The van der Waals surface area contributed by atoms with E-state index in [4.69, 9.17) is 35.9 Å². The van der Waals surface area contributed by atoms with Crippen LogP contribution < -0.4 is 0 Å². The van der Waals surface area contributed by atoms with Crippen molar-refractivity contribution in [2.75, 3.05) is 26.3 Å². The lowest BCUT2D eigenvalue weighted by atomic mass is 10.1. The van der Waals surface area contributed by atoms with E-state index < -0.39 is 11.6 Å². The van der Waals surface area contributed by atoms with Gasteiger partial charge < -0.3 is 28.6 Å². The van der Waals surface area contributed by atoms with Crippen LogP contribution >= 0.6 is 12.2 Å². The molecule has 0 unspecified atom stereocenters. The fourth-order valence-electron chi connectivity index (χ4n) is 2.91. The summed E-state index contributed by atoms with van der Waals surface area (Å²) in [5.41, 5.74) is 0. The third-order valence-corrected chi connectivity index (χ3v) is 4.39. The summed E-state index contributed by atoms with van der Waals surface area (Å²) >= 11 is 5.33. The van der Waals surface area contributed by atoms with Crippen molar-refractivity contribution in [3.05, 3.63) is 0 Å². The van der Waals surface area contributed by atoms with Gasteiger partial charge in [0, 0.05) is 13.1 Å². The van der Waals surface area contributed by atoms with Crippen LogP contribution in [-0.2, 0) is 23.7 Å². The minimum atomic E-state index is -0.675. The molecule has 134 valence electrons. The lowest BCUT2D eigenvalue weighted by molar-refractivity contribution is -0.174. The lowest BCUT2D eigenvalue weighted by Crippen LogP contribution is -2.41. The molecule has 0 amide bonds. The summed E-state index contributed by atoms with van der Waals surface area (Å²) in [4.78, 5) is 1.99. The summed E-state index contributed by atoms with van der Waals surface area (Å²) < 4.78 is 29.3. The third-order valence-electron chi connectivity index (χ3n) is 4.01. The average Bonchev–Trinajstić information content (AvgIpc) is 2.97. The molecule has 2 aliphatic heterocycles. The van der Waals surface area contributed by atoms with E-state index in [2.05, 4.69) is 0 Å². The molecule has 2 rings (SSSR count). The van der Waals surface area contributed by atoms with Gasteiger partial charge in [0.25, 0.3) is 5.17 Å². The normalized spacial score (nSPS) is 32.0. The van der Waals surface area contributed by atoms with Crippen LogP contribution in [0, 0.1) is 0 Å². The van der Waals surface area contributed by atoms with Crippen LogP contribution in [0.4, 0.5) is 0 Å². The second kappa shape index (κ2) is 7.19. The molecule has 0 aliphatic carbocycles. The van der Waals surface area contributed by atoms with Crippen molar-refractivity contribution in [3.63, 3.8) is 0 Å². The molecule has 6 nitrogen and oxygen atoms in total. The van der Waals surface area contributed by atoms with Gasteiger partial charge in [0.1, 0.15) is 24.9 Å². The summed E-state index contributed by atoms with van der Waals surface area (Å²) in [5.74, 6) is -1.27. The Kier molecular flexibility index (Phi) is 5.90. The zero-order valence-corrected chi connectivity index (χ0v) is 15.8. The van der Waals surface area contributed by atoms with Gasteiger partial charge in [-0.25, -0.2) is 0 Å². The molecule has 2 saturated heterocycles. The molecule has 0 saturated carbocycles. The fraction of sp³-hybridized carbons (Fsp3) is 0.938. The molecule has 0 aromatic rings. The maximum atomic E-state index is 6.02. The Morgan fingerprint density at radius 2 is 1.74 bits per heavy atom. The first-order chi connectivity index (χ1) is 10.7. The van der Waals surface area contributed by atoms with E-state index in [0.717, 1.165) is 13.1 Å². The average molecular weight is 347 g/mol. The van der Waals surface area contributed by atoms with Crippen molar-refractivity contribution in [1.29, 1.82) is 0 Å². The van der Waals surface area contributed by atoms with Crippen molar-refractivity contribution in [2.24, 2.45) is 0 Å². The van der Waals surface area contributed by atoms with Crippen molar-refractivity contribution in [3.8, 4) is 0 Å². The van der Waals surface area contributed by atoms with Crippen LogP contribution in [0.3, 0.4) is 0 Å². The summed E-state index contributed by atoms with van der Waals surface area (Å²) in [7, 11) is 0. The Labute approximate surface area is 144 Å². The number of hydrogen-bond donors (Lipinski definition) is 0. The maximum absolute atomic E-state index is 6.02. The highest BCUT2D eigenvalue weighted by Crippen LogP contribution is 2.35. The SMILES string of the molecule is CCN(CC)C(=S)OC[C@@H]1OC(C)(C)O[C@H]1[C@H]1COC(C)(C)O1. The molecular weight excluding hydrogens is 318 g/mol. The van der Waals surface area contributed by atoms with Gasteiger partial charge in [-0.15, -0.1) is 0 Å². The molecule has 0 spiro atoms. The molecular formula is C16H29NO5S. The second-order valence-electron chi connectivity index (χ2n) is 6.75. The number of ether oxygens (including phenoxy) is 5. The molecule has 0 bridgehead atoms. The molecule has 23 heavy (non-hydrogen) atoms. The summed E-state index contributed by atoms with van der Waals surface area (Å²) in [6.07, 6.45) is -0.672. The zero-order valence-electron chi connectivity index (χ0n) is 15.0. The smallest absolute Gasteiger partial charge is 0.259 e. The van der Waals surface area contributed by atoms with Gasteiger partial charge >= 0.3 is 0 Å². The van der Waals surface area contributed by atoms with E-state index in [1.807, 2.05) is 46.4 Å². The first-order valence-corrected chi connectivity index (χ1v) is 8.67. The Morgan fingerprint density at radius 3 is 2.26 bits per heavy atom. The highest BCUT2D eigenvalue weighted by Gasteiger charge is 2.50. The van der Waals surface area contributed by atoms with Crippen molar-refractivity contribution in [2.45, 2.75) is 71.4 Å². The van der Waals surface area contributed by atoms with Crippen LogP contribution in [0.2, 0.25) is 0 Å². The molecule has 2 fully saturated rings. The highest BCUT2D eigenvalue weighted by atomic mass is 32.1. The van der Waals surface area contributed by atoms with Crippen LogP contribution in [0.15, 0.2) is 0 Å². The van der Waals surface area contributed by atoms with Gasteiger partial charge in [-0.1, -0.05) is 0 Å². The van der Waals surface area contributed by atoms with E-state index in [-0.39, 0.29) is 18.3 Å². The molecule has 2 aliphatic rings. The second-order valence-corrected chi connectivity index (χ2v) is 7.10. The van der Waals surface area contributed by atoms with Crippen molar-refractivity contribution < 1.29 is 23.7 Å². The standard InChI is InChI=1S/C16H29NO5S/c1-7-17(8-2)14(23)18-9-11-13(22-16(5,6)21-11)12-10-19-15(3,4)20-12/h11-13H,7-10H2,1-6H3/t11-,12+,13+/m0/s1. The van der Waals surface area contributed by atoms with Gasteiger partial charge in [-0.3, -0.25) is 0 Å². The minimum absolute atomic E-state index is 0.178. The fourth-order valence-corrected chi connectivity index (χ4v) is 3.24. The van der Waals surface area contributed by atoms with Gasteiger partial charge in [0.2, 0.25) is 0 Å². The summed E-state index contributed by atoms with van der Waals surface area (Å²) in [5, 5.41) is 0.492. The highest BCUT2D eigenvalue weighted by molar-refractivity contribution is 7.80. The summed E-state index contributed by atoms with van der Waals surface area (Å²) in [6, 6.07) is 0. The molecule has 3 atom stereocenters. The van der Waals surface area contributed by atoms with Crippen LogP contribution in [0.25, 0.3) is 0 Å². The monoisotopic (exact) mass is 347 g/mol. The first kappa shape index (κ1) is 18.9. The molecule has 0 N–H and O–H groups in total. The van der Waals surface area contributed by atoms with E-state index in [0.29, 0.717) is 18.4 Å². The van der Waals surface area contributed by atoms with E-state index in [1.54, 1.807) is 0 Å². The molecule has 0 aromatic carbocycles. The maximum Gasteiger partial charge on any atom is 0.259 e. The predicted molar refractivity (Wildman–Crippen MR) is 90.2 cm³/mol. The largest absolute Gasteiger partial charge is 0.468 e. The third kappa shape index (κ3) is 4.76. The van der Waals surface area contributed by atoms with Gasteiger partial charge in [0.05, 0.1) is 6.61 Å². The quantitative estimate of drug-likeness (QED) is 0.707. The minimum Gasteiger partial charge on any atom is -0.468 e. The van der Waals surface area contributed by atoms with Gasteiger partial charge in [-0.05, 0) is 53.8 Å². The van der Waals surface area contributed by atoms with Crippen LogP contribution in [-0.4, -0.2) is 66.3 Å². The predicted octanol–water partition coefficient (Wildman–Crippen LogP) is 2.30. The van der Waals surface area contributed by atoms with E-state index >= 15 is 0 Å². The van der Waals surface area contributed by atoms with Crippen molar-refractivity contribution >= 4 is 17.4 Å². The molecule has 0 aromatic heterocycles. The van der Waals surface area contributed by atoms with E-state index in [9.17, 15) is 0 Å². The van der Waals surface area contributed by atoms with Crippen LogP contribution in [0.5, 0.6) is 0 Å². The number of nitrogens with zero attached hydrogens (tertiary/aromatic N) is 1.